The number of thiazole rings is 1. The molecular weight excluding hydrogens is 547 g/mol. The molecule has 14 heteroatoms. The van der Waals surface area contributed by atoms with E-state index in [9.17, 15) is 12.8 Å². The zero-order chi connectivity index (χ0) is 28.2. The lowest BCUT2D eigenvalue weighted by Gasteiger charge is -2.23. The Morgan fingerprint density at radius 3 is 2.31 bits per heavy atom. The Morgan fingerprint density at radius 1 is 1.08 bits per heavy atom. The molecule has 0 spiro atoms. The van der Waals surface area contributed by atoms with Crippen molar-refractivity contribution in [3.63, 3.8) is 0 Å². The number of benzene rings is 1. The van der Waals surface area contributed by atoms with Crippen LogP contribution < -0.4 is 9.47 Å². The van der Waals surface area contributed by atoms with Crippen molar-refractivity contribution in [2.75, 3.05) is 27.9 Å². The second-order valence-corrected chi connectivity index (χ2v) is 11.8. The number of hydrogen-bond acceptors (Lipinski definition) is 11. The number of halogens is 1. The number of rotatable bonds is 12. The molecule has 0 aliphatic carbocycles. The molecule has 3 aromatic heterocycles. The quantitative estimate of drug-likeness (QED) is 0.246. The number of nitrogens with zero attached hydrogens (tertiary/aromatic N) is 6. The Kier molecular flexibility index (Phi) is 8.87. The normalized spacial score (nSPS) is 13.3. The Hall–Kier alpha value is -3.49. The Balaban J connectivity index is 1.84. The van der Waals surface area contributed by atoms with Crippen LogP contribution in [0.15, 0.2) is 36.0 Å². The zero-order valence-corrected chi connectivity index (χ0v) is 23.8. The molecule has 1 aromatic carbocycles. The summed E-state index contributed by atoms with van der Waals surface area (Å²) in [4.78, 5) is 12.6. The molecular formula is C25H29FN6O5S2. The summed E-state index contributed by atoms with van der Waals surface area (Å²) in [5, 5.41) is 10.1. The predicted molar refractivity (Wildman–Crippen MR) is 144 cm³/mol. The van der Waals surface area contributed by atoms with Crippen LogP contribution in [0, 0.1) is 12.7 Å². The van der Waals surface area contributed by atoms with E-state index in [4.69, 9.17) is 14.2 Å². The summed E-state index contributed by atoms with van der Waals surface area (Å²) in [5.74, 6) is -0.133. The number of sulfone groups is 1. The van der Waals surface area contributed by atoms with E-state index < -0.39 is 32.6 Å². The maximum atomic E-state index is 14.0. The fourth-order valence-corrected chi connectivity index (χ4v) is 7.01. The molecule has 0 aliphatic rings. The number of aryl methyl sites for hydroxylation is 1. The zero-order valence-electron chi connectivity index (χ0n) is 22.2. The fourth-order valence-electron chi connectivity index (χ4n) is 4.28. The molecule has 0 amide bonds. The van der Waals surface area contributed by atoms with Gasteiger partial charge in [-0.25, -0.2) is 27.8 Å². The maximum absolute atomic E-state index is 14.0. The molecule has 39 heavy (non-hydrogen) atoms. The van der Waals surface area contributed by atoms with Crippen LogP contribution in [0.25, 0.3) is 16.5 Å². The molecule has 0 saturated heterocycles. The van der Waals surface area contributed by atoms with Gasteiger partial charge < -0.3 is 14.2 Å². The topological polar surface area (TPSA) is 131 Å². The maximum Gasteiger partial charge on any atom is 0.197 e. The molecule has 0 radical (unpaired) electrons. The summed E-state index contributed by atoms with van der Waals surface area (Å²) in [7, 11) is 0.604. The molecule has 208 valence electrons. The second-order valence-electron chi connectivity index (χ2n) is 8.76. The van der Waals surface area contributed by atoms with Crippen molar-refractivity contribution in [1.29, 1.82) is 0 Å². The third-order valence-electron chi connectivity index (χ3n) is 6.17. The second kappa shape index (κ2) is 12.1. The predicted octanol–water partition coefficient (Wildman–Crippen LogP) is 3.77. The summed E-state index contributed by atoms with van der Waals surface area (Å²) >= 11 is 1.36. The van der Waals surface area contributed by atoms with Crippen molar-refractivity contribution in [2.45, 2.75) is 37.2 Å². The summed E-state index contributed by atoms with van der Waals surface area (Å²) in [6.45, 7) is 3.74. The summed E-state index contributed by atoms with van der Waals surface area (Å²) in [6.07, 6.45) is 2.21. The lowest BCUT2D eigenvalue weighted by molar-refractivity contribution is 0.191. The first kappa shape index (κ1) is 28.5. The molecule has 11 nitrogen and oxygen atoms in total. The minimum absolute atomic E-state index is 0.148. The number of methoxy groups -OCH3 is 3. The van der Waals surface area contributed by atoms with Gasteiger partial charge in [-0.2, -0.15) is 0 Å². The highest BCUT2D eigenvalue weighted by Crippen LogP contribution is 2.38. The van der Waals surface area contributed by atoms with Gasteiger partial charge in [0.25, 0.3) is 0 Å². The van der Waals surface area contributed by atoms with Gasteiger partial charge >= 0.3 is 0 Å². The molecule has 0 bridgehead atoms. The first-order chi connectivity index (χ1) is 18.7. The molecule has 0 saturated carbocycles. The average molecular weight is 577 g/mol. The van der Waals surface area contributed by atoms with Gasteiger partial charge in [0, 0.05) is 30.7 Å². The van der Waals surface area contributed by atoms with E-state index in [1.54, 1.807) is 29.7 Å². The molecule has 0 aliphatic heterocycles. The standard InChI is InChI=1S/C25H29FN6O5S2/c1-15-13-38-25(29-15)24-31-30-21(32(24)22-18(36-4)7-6-8-19(22)37-5)14-39(33,34)20(9-10-35-3)16(2)23-27-11-17(26)12-28-23/h6-8,11-13,16,20H,9-10,14H2,1-5H3/t16-,20-/m1/s1. The van der Waals surface area contributed by atoms with Crippen molar-refractivity contribution in [2.24, 2.45) is 0 Å². The molecule has 4 rings (SSSR count). The smallest absolute Gasteiger partial charge is 0.197 e. The van der Waals surface area contributed by atoms with E-state index in [1.165, 1.54) is 32.7 Å². The van der Waals surface area contributed by atoms with Gasteiger partial charge in [0.15, 0.2) is 32.3 Å². The Morgan fingerprint density at radius 2 is 1.74 bits per heavy atom. The van der Waals surface area contributed by atoms with Crippen LogP contribution >= 0.6 is 11.3 Å². The van der Waals surface area contributed by atoms with Gasteiger partial charge in [-0.3, -0.25) is 4.57 Å². The van der Waals surface area contributed by atoms with Crippen LogP contribution in [0.1, 0.15) is 36.6 Å². The van der Waals surface area contributed by atoms with Gasteiger partial charge in [0.1, 0.15) is 28.8 Å². The molecule has 2 atom stereocenters. The Labute approximate surface area is 230 Å². The lowest BCUT2D eigenvalue weighted by atomic mass is 10.0. The van der Waals surface area contributed by atoms with Crippen LogP contribution in [0.3, 0.4) is 0 Å². The van der Waals surface area contributed by atoms with E-state index >= 15 is 0 Å². The highest BCUT2D eigenvalue weighted by Gasteiger charge is 2.36. The third-order valence-corrected chi connectivity index (χ3v) is 9.35. The molecule has 0 N–H and O–H groups in total. The van der Waals surface area contributed by atoms with E-state index in [0.717, 1.165) is 18.1 Å². The number of ether oxygens (including phenoxy) is 3. The number of aromatic nitrogens is 6. The molecule has 0 fully saturated rings. The SMILES string of the molecule is COCC[C@H]([C@@H](C)c1ncc(F)cn1)S(=O)(=O)Cc1nnc(-c2nc(C)cs2)n1-c1c(OC)cccc1OC. The van der Waals surface area contributed by atoms with E-state index in [2.05, 4.69) is 25.1 Å². The molecule has 4 aromatic rings. The minimum Gasteiger partial charge on any atom is -0.494 e. The van der Waals surface area contributed by atoms with E-state index in [0.29, 0.717) is 28.0 Å². The first-order valence-corrected chi connectivity index (χ1v) is 14.6. The van der Waals surface area contributed by atoms with Crippen LogP contribution in [0.2, 0.25) is 0 Å². The van der Waals surface area contributed by atoms with Gasteiger partial charge in [-0.15, -0.1) is 21.5 Å². The number of hydrogen-bond donors (Lipinski definition) is 0. The van der Waals surface area contributed by atoms with E-state index in [1.807, 2.05) is 12.3 Å². The first-order valence-electron chi connectivity index (χ1n) is 12.0. The summed E-state index contributed by atoms with van der Waals surface area (Å²) in [5.41, 5.74) is 1.24. The van der Waals surface area contributed by atoms with Gasteiger partial charge in [0.05, 0.1) is 31.9 Å². The van der Waals surface area contributed by atoms with Crippen molar-refractivity contribution >= 4 is 21.2 Å². The summed E-state index contributed by atoms with van der Waals surface area (Å²) in [6, 6.07) is 5.24. The van der Waals surface area contributed by atoms with Gasteiger partial charge in [-0.05, 0) is 25.5 Å². The van der Waals surface area contributed by atoms with Crippen molar-refractivity contribution in [1.82, 2.24) is 29.7 Å². The summed E-state index contributed by atoms with van der Waals surface area (Å²) < 4.78 is 59.5. The van der Waals surface area contributed by atoms with Gasteiger partial charge in [-0.1, -0.05) is 13.0 Å². The lowest BCUT2D eigenvalue weighted by Crippen LogP contribution is -2.31. The highest BCUT2D eigenvalue weighted by atomic mass is 32.2. The Bertz CT molecular complexity index is 1500. The number of para-hydroxylation sites is 1. The monoisotopic (exact) mass is 576 g/mol. The molecule has 0 unspecified atom stereocenters. The van der Waals surface area contributed by atoms with Gasteiger partial charge in [0.2, 0.25) is 0 Å². The average Bonchev–Trinajstić information content (AvgIpc) is 3.53. The van der Waals surface area contributed by atoms with Crippen LogP contribution in [-0.4, -0.2) is 71.3 Å². The van der Waals surface area contributed by atoms with Crippen molar-refractivity contribution in [3.8, 4) is 28.0 Å². The van der Waals surface area contributed by atoms with Crippen molar-refractivity contribution < 1.29 is 27.0 Å². The fraction of sp³-hybridized carbons (Fsp3) is 0.400. The van der Waals surface area contributed by atoms with Crippen LogP contribution in [0.5, 0.6) is 11.5 Å². The minimum atomic E-state index is -3.91. The van der Waals surface area contributed by atoms with Crippen LogP contribution in [0.4, 0.5) is 4.39 Å². The molecule has 3 heterocycles. The van der Waals surface area contributed by atoms with Crippen LogP contribution in [-0.2, 0) is 20.3 Å². The van der Waals surface area contributed by atoms with E-state index in [-0.39, 0.29) is 24.7 Å². The third kappa shape index (κ3) is 6.07. The largest absolute Gasteiger partial charge is 0.494 e. The highest BCUT2D eigenvalue weighted by molar-refractivity contribution is 7.91. The van der Waals surface area contributed by atoms with Crippen molar-refractivity contribution in [3.05, 3.63) is 59.1 Å².